The maximum atomic E-state index is 13.1. The monoisotopic (exact) mass is 249 g/mol. The summed E-state index contributed by atoms with van der Waals surface area (Å²) in [6, 6.07) is 3.90. The molecule has 0 aliphatic carbocycles. The first-order valence-corrected chi connectivity index (χ1v) is 5.95. The third-order valence-corrected chi connectivity index (χ3v) is 3.02. The molecular formula is C14H16FNO2. The number of hydrogen-bond donors (Lipinski definition) is 0. The van der Waals surface area contributed by atoms with E-state index in [0.717, 1.165) is 12.5 Å². The fourth-order valence-corrected chi connectivity index (χ4v) is 1.94. The van der Waals surface area contributed by atoms with Gasteiger partial charge in [0, 0.05) is 6.54 Å². The average molecular weight is 249 g/mol. The van der Waals surface area contributed by atoms with Crippen LogP contribution < -0.4 is 4.90 Å². The molecule has 4 heteroatoms. The number of nitrogens with zero attached hydrogens (tertiary/aromatic N) is 1. The van der Waals surface area contributed by atoms with Gasteiger partial charge in [0.05, 0.1) is 11.3 Å². The zero-order chi connectivity index (χ0) is 13.5. The molecule has 0 radical (unpaired) electrons. The van der Waals surface area contributed by atoms with Crippen molar-refractivity contribution in [1.82, 2.24) is 0 Å². The van der Waals surface area contributed by atoms with E-state index in [1.807, 2.05) is 0 Å². The number of benzene rings is 1. The van der Waals surface area contributed by atoms with E-state index in [9.17, 15) is 14.0 Å². The second-order valence-corrected chi connectivity index (χ2v) is 5.76. The van der Waals surface area contributed by atoms with Crippen LogP contribution in [0.25, 0.3) is 0 Å². The van der Waals surface area contributed by atoms with Crippen molar-refractivity contribution in [3.05, 3.63) is 29.6 Å². The highest BCUT2D eigenvalue weighted by Crippen LogP contribution is 2.31. The Bertz CT molecular complexity index is 517. The van der Waals surface area contributed by atoms with Gasteiger partial charge in [0.2, 0.25) is 0 Å². The van der Waals surface area contributed by atoms with Crippen molar-refractivity contribution in [2.24, 2.45) is 5.41 Å². The van der Waals surface area contributed by atoms with Crippen LogP contribution in [0, 0.1) is 11.2 Å². The van der Waals surface area contributed by atoms with E-state index >= 15 is 0 Å². The van der Waals surface area contributed by atoms with Crippen LogP contribution in [0.5, 0.6) is 0 Å². The van der Waals surface area contributed by atoms with Crippen molar-refractivity contribution in [3.8, 4) is 0 Å². The Balaban J connectivity index is 2.29. The molecule has 0 aromatic heterocycles. The van der Waals surface area contributed by atoms with Crippen molar-refractivity contribution in [2.75, 3.05) is 11.4 Å². The smallest absolute Gasteiger partial charge is 0.299 e. The van der Waals surface area contributed by atoms with Gasteiger partial charge in [-0.3, -0.25) is 9.59 Å². The lowest BCUT2D eigenvalue weighted by atomic mass is 9.92. The third-order valence-electron chi connectivity index (χ3n) is 3.02. The van der Waals surface area contributed by atoms with Gasteiger partial charge < -0.3 is 4.90 Å². The molecule has 18 heavy (non-hydrogen) atoms. The first-order valence-electron chi connectivity index (χ1n) is 5.95. The Morgan fingerprint density at radius 1 is 1.22 bits per heavy atom. The quantitative estimate of drug-likeness (QED) is 0.756. The zero-order valence-electron chi connectivity index (χ0n) is 10.8. The van der Waals surface area contributed by atoms with E-state index in [1.54, 1.807) is 0 Å². The highest BCUT2D eigenvalue weighted by atomic mass is 19.1. The lowest BCUT2D eigenvalue weighted by molar-refractivity contribution is -0.114. The second kappa shape index (κ2) is 4.19. The zero-order valence-corrected chi connectivity index (χ0v) is 10.8. The van der Waals surface area contributed by atoms with Gasteiger partial charge in [0.15, 0.2) is 0 Å². The van der Waals surface area contributed by atoms with Gasteiger partial charge in [-0.25, -0.2) is 4.39 Å². The van der Waals surface area contributed by atoms with Crippen LogP contribution in [0.15, 0.2) is 18.2 Å². The summed E-state index contributed by atoms with van der Waals surface area (Å²) >= 11 is 0. The molecule has 1 aromatic carbocycles. The van der Waals surface area contributed by atoms with E-state index < -0.39 is 17.5 Å². The van der Waals surface area contributed by atoms with E-state index in [-0.39, 0.29) is 11.0 Å². The number of carbonyl (C=O) groups excluding carboxylic acids is 2. The SMILES string of the molecule is CC(C)(C)CCN1C(=O)C(=O)c2cc(F)ccc21. The lowest BCUT2D eigenvalue weighted by Crippen LogP contribution is -2.32. The van der Waals surface area contributed by atoms with E-state index in [0.29, 0.717) is 12.2 Å². The molecular weight excluding hydrogens is 233 g/mol. The molecule has 0 N–H and O–H groups in total. The maximum Gasteiger partial charge on any atom is 0.299 e. The van der Waals surface area contributed by atoms with E-state index in [4.69, 9.17) is 0 Å². The Labute approximate surface area is 106 Å². The number of halogens is 1. The van der Waals surface area contributed by atoms with Crippen LogP contribution in [-0.4, -0.2) is 18.2 Å². The molecule has 1 aliphatic heterocycles. The molecule has 0 unspecified atom stereocenters. The number of ketones is 1. The topological polar surface area (TPSA) is 37.4 Å². The third kappa shape index (κ3) is 2.28. The number of fused-ring (bicyclic) bond motifs is 1. The Kier molecular flexibility index (Phi) is 2.97. The number of Topliss-reactive ketones (excluding diaryl/α,β-unsaturated/α-hetero) is 1. The predicted molar refractivity (Wildman–Crippen MR) is 67.2 cm³/mol. The molecule has 1 aliphatic rings. The maximum absolute atomic E-state index is 13.1. The van der Waals surface area contributed by atoms with Crippen LogP contribution in [0.2, 0.25) is 0 Å². The lowest BCUT2D eigenvalue weighted by Gasteiger charge is -2.23. The van der Waals surface area contributed by atoms with Crippen molar-refractivity contribution in [3.63, 3.8) is 0 Å². The van der Waals surface area contributed by atoms with Gasteiger partial charge >= 0.3 is 0 Å². The standard InChI is InChI=1S/C14H16FNO2/c1-14(2,3)6-7-16-11-5-4-9(15)8-10(11)12(17)13(16)18/h4-5,8H,6-7H2,1-3H3. The van der Waals surface area contributed by atoms with Gasteiger partial charge in [-0.15, -0.1) is 0 Å². The summed E-state index contributed by atoms with van der Waals surface area (Å²) in [6.45, 7) is 6.69. The van der Waals surface area contributed by atoms with Gasteiger partial charge in [0.1, 0.15) is 5.82 Å². The highest BCUT2D eigenvalue weighted by molar-refractivity contribution is 6.52. The molecule has 0 fully saturated rings. The summed E-state index contributed by atoms with van der Waals surface area (Å²) in [5.41, 5.74) is 0.774. The number of rotatable bonds is 2. The molecule has 0 bridgehead atoms. The predicted octanol–water partition coefficient (Wildman–Crippen LogP) is 2.79. The molecule has 1 aromatic rings. The van der Waals surface area contributed by atoms with Gasteiger partial charge in [-0.05, 0) is 30.0 Å². The summed E-state index contributed by atoms with van der Waals surface area (Å²) in [4.78, 5) is 25.0. The number of anilines is 1. The molecule has 0 saturated heterocycles. The Morgan fingerprint density at radius 3 is 2.50 bits per heavy atom. The fraction of sp³-hybridized carbons (Fsp3) is 0.429. The van der Waals surface area contributed by atoms with Gasteiger partial charge in [0.25, 0.3) is 11.7 Å². The Hall–Kier alpha value is -1.71. The highest BCUT2D eigenvalue weighted by Gasteiger charge is 2.36. The summed E-state index contributed by atoms with van der Waals surface area (Å²) in [6.07, 6.45) is 0.781. The van der Waals surface area contributed by atoms with E-state index in [1.165, 1.54) is 17.0 Å². The van der Waals surface area contributed by atoms with Crippen LogP contribution in [-0.2, 0) is 4.79 Å². The summed E-state index contributed by atoms with van der Waals surface area (Å²) < 4.78 is 13.1. The fourth-order valence-electron chi connectivity index (χ4n) is 1.94. The van der Waals surface area contributed by atoms with Crippen molar-refractivity contribution >= 4 is 17.4 Å². The van der Waals surface area contributed by atoms with Crippen molar-refractivity contribution < 1.29 is 14.0 Å². The number of hydrogen-bond acceptors (Lipinski definition) is 2. The van der Waals surface area contributed by atoms with E-state index in [2.05, 4.69) is 20.8 Å². The molecule has 0 atom stereocenters. The summed E-state index contributed by atoms with van der Waals surface area (Å²) in [5, 5.41) is 0. The van der Waals surface area contributed by atoms with Crippen molar-refractivity contribution in [1.29, 1.82) is 0 Å². The molecule has 0 spiro atoms. The van der Waals surface area contributed by atoms with Gasteiger partial charge in [-0.1, -0.05) is 20.8 Å². The van der Waals surface area contributed by atoms with Crippen LogP contribution >= 0.6 is 0 Å². The minimum absolute atomic E-state index is 0.0755. The molecule has 1 amide bonds. The summed E-state index contributed by atoms with van der Waals surface area (Å²) in [7, 11) is 0. The van der Waals surface area contributed by atoms with Crippen LogP contribution in [0.3, 0.4) is 0 Å². The molecule has 1 heterocycles. The second-order valence-electron chi connectivity index (χ2n) is 5.76. The molecule has 96 valence electrons. The van der Waals surface area contributed by atoms with Crippen LogP contribution in [0.4, 0.5) is 10.1 Å². The number of carbonyl (C=O) groups is 2. The Morgan fingerprint density at radius 2 is 1.89 bits per heavy atom. The molecule has 3 nitrogen and oxygen atoms in total. The minimum Gasteiger partial charge on any atom is -0.305 e. The largest absolute Gasteiger partial charge is 0.305 e. The molecule has 0 saturated carbocycles. The normalized spacial score (nSPS) is 15.2. The first kappa shape index (κ1) is 12.7. The van der Waals surface area contributed by atoms with Gasteiger partial charge in [-0.2, -0.15) is 0 Å². The minimum atomic E-state index is -0.613. The average Bonchev–Trinajstić information content (AvgIpc) is 2.49. The van der Waals surface area contributed by atoms with Crippen LogP contribution in [0.1, 0.15) is 37.6 Å². The summed E-state index contributed by atoms with van der Waals surface area (Å²) in [5.74, 6) is -1.66. The number of amides is 1. The van der Waals surface area contributed by atoms with Crippen molar-refractivity contribution in [2.45, 2.75) is 27.2 Å². The molecule has 2 rings (SSSR count). The first-order chi connectivity index (χ1) is 8.29.